The van der Waals surface area contributed by atoms with Crippen molar-refractivity contribution in [3.8, 4) is 0 Å². The second-order valence-corrected chi connectivity index (χ2v) is 4.28. The van der Waals surface area contributed by atoms with Crippen LogP contribution in [0.15, 0.2) is 36.0 Å². The third-order valence-electron chi connectivity index (χ3n) is 2.40. The molecule has 4 nitrogen and oxygen atoms in total. The highest BCUT2D eigenvalue weighted by molar-refractivity contribution is 6.24. The zero-order valence-electron chi connectivity index (χ0n) is 10.3. The molecule has 0 aliphatic carbocycles. The number of imide groups is 1. The van der Waals surface area contributed by atoms with E-state index >= 15 is 0 Å². The molecule has 0 bridgehead atoms. The van der Waals surface area contributed by atoms with Crippen LogP contribution in [0.3, 0.4) is 0 Å². The summed E-state index contributed by atoms with van der Waals surface area (Å²) in [4.78, 5) is 25.3. The molecule has 1 heterocycles. The van der Waals surface area contributed by atoms with Crippen LogP contribution in [-0.2, 0) is 9.59 Å². The Hall–Kier alpha value is -1.68. The number of carbonyl (C=O) groups is 2. The van der Waals surface area contributed by atoms with Crippen molar-refractivity contribution in [2.24, 2.45) is 11.7 Å². The average Bonchev–Trinajstić information content (AvgIpc) is 2.46. The Morgan fingerprint density at radius 2 is 1.88 bits per heavy atom. The molecule has 1 fully saturated rings. The van der Waals surface area contributed by atoms with Gasteiger partial charge in [-0.2, -0.15) is 0 Å². The predicted octanol–water partition coefficient (Wildman–Crippen LogP) is 1.01. The van der Waals surface area contributed by atoms with Crippen molar-refractivity contribution < 1.29 is 9.59 Å². The molecule has 0 aromatic carbocycles. The Morgan fingerprint density at radius 3 is 2.35 bits per heavy atom. The van der Waals surface area contributed by atoms with Gasteiger partial charge in [0.1, 0.15) is 0 Å². The third-order valence-corrected chi connectivity index (χ3v) is 2.40. The van der Waals surface area contributed by atoms with Crippen molar-refractivity contribution in [2.75, 3.05) is 13.1 Å². The molecule has 0 radical (unpaired) electrons. The summed E-state index contributed by atoms with van der Waals surface area (Å²) in [6.07, 6.45) is 4.64. The molecular weight excluding hydrogens is 216 g/mol. The van der Waals surface area contributed by atoms with Crippen molar-refractivity contribution in [1.82, 2.24) is 4.90 Å². The van der Waals surface area contributed by atoms with E-state index in [0.29, 0.717) is 17.7 Å². The molecule has 0 atom stereocenters. The summed E-state index contributed by atoms with van der Waals surface area (Å²) in [5.41, 5.74) is 6.18. The summed E-state index contributed by atoms with van der Waals surface area (Å²) in [5.74, 6) is -0.282. The number of amides is 2. The van der Waals surface area contributed by atoms with Crippen LogP contribution in [0, 0.1) is 5.92 Å². The zero-order valence-corrected chi connectivity index (χ0v) is 10.3. The summed E-state index contributed by atoms with van der Waals surface area (Å²) < 4.78 is 0. The second-order valence-electron chi connectivity index (χ2n) is 4.28. The fourth-order valence-electron chi connectivity index (χ4n) is 1.74. The summed E-state index contributed by atoms with van der Waals surface area (Å²) in [6.45, 7) is 8.13. The first-order chi connectivity index (χ1) is 8.02. The van der Waals surface area contributed by atoms with Crippen molar-refractivity contribution in [3.05, 3.63) is 36.0 Å². The molecule has 0 saturated carbocycles. The Kier molecular flexibility index (Phi) is 4.40. The molecule has 1 aliphatic rings. The zero-order chi connectivity index (χ0) is 13.0. The highest BCUT2D eigenvalue weighted by Gasteiger charge is 2.38. The molecule has 2 N–H and O–H groups in total. The van der Waals surface area contributed by atoms with E-state index < -0.39 is 0 Å². The van der Waals surface area contributed by atoms with Crippen molar-refractivity contribution in [2.45, 2.75) is 13.8 Å². The van der Waals surface area contributed by atoms with Gasteiger partial charge in [-0.25, -0.2) is 0 Å². The maximum Gasteiger partial charge on any atom is 0.261 e. The van der Waals surface area contributed by atoms with Crippen LogP contribution in [0.2, 0.25) is 0 Å². The SMILES string of the molecule is C=C/C=C1/C(=O)N(CC(C)C)C(=O)/C1=C/CN. The fourth-order valence-corrected chi connectivity index (χ4v) is 1.74. The molecule has 1 rings (SSSR count). The number of rotatable bonds is 4. The molecule has 0 aromatic heterocycles. The highest BCUT2D eigenvalue weighted by Crippen LogP contribution is 2.25. The summed E-state index contributed by atoms with van der Waals surface area (Å²) in [7, 11) is 0. The van der Waals surface area contributed by atoms with Crippen LogP contribution in [0.5, 0.6) is 0 Å². The van der Waals surface area contributed by atoms with Gasteiger partial charge in [0.25, 0.3) is 11.8 Å². The van der Waals surface area contributed by atoms with Crippen LogP contribution in [0.1, 0.15) is 13.8 Å². The van der Waals surface area contributed by atoms with Gasteiger partial charge in [-0.15, -0.1) is 0 Å². The Balaban J connectivity index is 3.13. The number of nitrogens with zero attached hydrogens (tertiary/aromatic N) is 1. The Morgan fingerprint density at radius 1 is 1.29 bits per heavy atom. The van der Waals surface area contributed by atoms with Gasteiger partial charge in [0.2, 0.25) is 0 Å². The third kappa shape index (κ3) is 2.71. The molecule has 1 aliphatic heterocycles. The van der Waals surface area contributed by atoms with Gasteiger partial charge in [0.05, 0.1) is 11.1 Å². The molecule has 17 heavy (non-hydrogen) atoms. The Bertz CT molecular complexity index is 406. The lowest BCUT2D eigenvalue weighted by molar-refractivity contribution is -0.137. The molecule has 4 heteroatoms. The molecule has 0 spiro atoms. The van der Waals surface area contributed by atoms with E-state index in [-0.39, 0.29) is 24.3 Å². The molecule has 92 valence electrons. The average molecular weight is 234 g/mol. The van der Waals surface area contributed by atoms with Gasteiger partial charge in [-0.05, 0) is 12.0 Å². The number of hydrogen-bond acceptors (Lipinski definition) is 3. The van der Waals surface area contributed by atoms with Crippen LogP contribution in [0.4, 0.5) is 0 Å². The maximum atomic E-state index is 12.0. The van der Waals surface area contributed by atoms with E-state index in [1.54, 1.807) is 12.2 Å². The van der Waals surface area contributed by atoms with Crippen molar-refractivity contribution >= 4 is 11.8 Å². The van der Waals surface area contributed by atoms with Crippen LogP contribution < -0.4 is 5.73 Å². The lowest BCUT2D eigenvalue weighted by Crippen LogP contribution is -2.33. The number of nitrogens with two attached hydrogens (primary N) is 1. The second kappa shape index (κ2) is 5.59. The number of hydrogen-bond donors (Lipinski definition) is 1. The largest absolute Gasteiger partial charge is 0.327 e. The lowest BCUT2D eigenvalue weighted by atomic mass is 10.1. The molecule has 0 unspecified atom stereocenters. The van der Waals surface area contributed by atoms with E-state index in [9.17, 15) is 9.59 Å². The summed E-state index contributed by atoms with van der Waals surface area (Å²) in [6, 6.07) is 0. The molecular formula is C13H18N2O2. The molecule has 1 saturated heterocycles. The van der Waals surface area contributed by atoms with E-state index in [4.69, 9.17) is 5.73 Å². The van der Waals surface area contributed by atoms with Crippen LogP contribution in [-0.4, -0.2) is 29.8 Å². The first-order valence-electron chi connectivity index (χ1n) is 5.62. The Labute approximate surface area is 101 Å². The summed E-state index contributed by atoms with van der Waals surface area (Å²) in [5, 5.41) is 0. The molecule has 0 aromatic rings. The fraction of sp³-hybridized carbons (Fsp3) is 0.385. The van der Waals surface area contributed by atoms with Gasteiger partial charge in [0.15, 0.2) is 0 Å². The standard InChI is InChI=1S/C13H18N2O2/c1-4-5-10-11(6-7-14)13(17)15(12(10)16)8-9(2)3/h4-6,9H,1,7-8,14H2,2-3H3/b10-5+,11-6+. The van der Waals surface area contributed by atoms with E-state index in [1.807, 2.05) is 13.8 Å². The maximum absolute atomic E-state index is 12.0. The van der Waals surface area contributed by atoms with Gasteiger partial charge in [-0.3, -0.25) is 14.5 Å². The van der Waals surface area contributed by atoms with E-state index in [0.717, 1.165) is 0 Å². The van der Waals surface area contributed by atoms with Gasteiger partial charge < -0.3 is 5.73 Å². The van der Waals surface area contributed by atoms with Crippen LogP contribution >= 0.6 is 0 Å². The van der Waals surface area contributed by atoms with Gasteiger partial charge >= 0.3 is 0 Å². The van der Waals surface area contributed by atoms with Gasteiger partial charge in [-0.1, -0.05) is 32.6 Å². The number of carbonyl (C=O) groups excluding carboxylic acids is 2. The minimum Gasteiger partial charge on any atom is -0.327 e. The number of likely N-dealkylation sites (tertiary alicyclic amines) is 1. The monoisotopic (exact) mass is 234 g/mol. The first kappa shape index (κ1) is 13.4. The first-order valence-corrected chi connectivity index (χ1v) is 5.62. The normalized spacial score (nSPS) is 21.1. The quantitative estimate of drug-likeness (QED) is 0.583. The minimum atomic E-state index is -0.262. The van der Waals surface area contributed by atoms with Crippen molar-refractivity contribution in [1.29, 1.82) is 0 Å². The van der Waals surface area contributed by atoms with Crippen LogP contribution in [0.25, 0.3) is 0 Å². The summed E-state index contributed by atoms with van der Waals surface area (Å²) >= 11 is 0. The van der Waals surface area contributed by atoms with Gasteiger partial charge in [0, 0.05) is 13.1 Å². The topological polar surface area (TPSA) is 63.4 Å². The van der Waals surface area contributed by atoms with E-state index in [1.165, 1.54) is 11.0 Å². The van der Waals surface area contributed by atoms with E-state index in [2.05, 4.69) is 6.58 Å². The predicted molar refractivity (Wildman–Crippen MR) is 67.0 cm³/mol. The van der Waals surface area contributed by atoms with Crippen molar-refractivity contribution in [3.63, 3.8) is 0 Å². The lowest BCUT2D eigenvalue weighted by Gasteiger charge is -2.15. The smallest absolute Gasteiger partial charge is 0.261 e. The highest BCUT2D eigenvalue weighted by atomic mass is 16.2. The number of allylic oxidation sites excluding steroid dienone is 2. The minimum absolute atomic E-state index is 0.234. The molecule has 2 amide bonds.